The Bertz CT molecular complexity index is 551. The Morgan fingerprint density at radius 2 is 1.95 bits per heavy atom. The molecule has 1 amide bonds. The minimum Gasteiger partial charge on any atom is -0.463 e. The number of hydrogen-bond acceptors (Lipinski definition) is 3. The Balaban J connectivity index is 2.49. The zero-order valence-corrected chi connectivity index (χ0v) is 12.5. The van der Waals surface area contributed by atoms with Crippen LogP contribution in [-0.2, 0) is 14.3 Å². The van der Waals surface area contributed by atoms with Crippen LogP contribution in [0.5, 0.6) is 0 Å². The van der Waals surface area contributed by atoms with Crippen molar-refractivity contribution in [3.05, 3.63) is 28.8 Å². The lowest BCUT2D eigenvalue weighted by Crippen LogP contribution is -2.41. The normalized spacial score (nSPS) is 18.0. The van der Waals surface area contributed by atoms with Gasteiger partial charge in [0.25, 0.3) is 0 Å². The molecule has 0 saturated carbocycles. The molecule has 1 saturated heterocycles. The van der Waals surface area contributed by atoms with Crippen molar-refractivity contribution in [3.63, 3.8) is 0 Å². The molecule has 2 rings (SSSR count). The van der Waals surface area contributed by atoms with Crippen LogP contribution in [0.4, 0.5) is 5.69 Å². The van der Waals surface area contributed by atoms with Crippen molar-refractivity contribution in [1.82, 2.24) is 0 Å². The Hall–Kier alpha value is -1.84. The fraction of sp³-hybridized carbons (Fsp3) is 0.500. The smallest absolute Gasteiger partial charge is 0.308 e. The molecule has 4 heteroatoms. The number of esters is 1. The minimum absolute atomic E-state index is 0.0325. The minimum atomic E-state index is -0.230. The number of rotatable bonds is 3. The molecule has 1 aromatic carbocycles. The van der Waals surface area contributed by atoms with E-state index in [2.05, 4.69) is 6.07 Å². The van der Waals surface area contributed by atoms with Crippen LogP contribution in [-0.4, -0.2) is 24.5 Å². The maximum Gasteiger partial charge on any atom is 0.308 e. The zero-order chi connectivity index (χ0) is 14.9. The van der Waals surface area contributed by atoms with Crippen molar-refractivity contribution in [1.29, 1.82) is 0 Å². The number of carbonyl (C=O) groups excluding carboxylic acids is 2. The van der Waals surface area contributed by atoms with Crippen molar-refractivity contribution < 1.29 is 14.3 Å². The van der Waals surface area contributed by atoms with Gasteiger partial charge in [0.2, 0.25) is 5.91 Å². The summed E-state index contributed by atoms with van der Waals surface area (Å²) in [5.41, 5.74) is 4.21. The van der Waals surface area contributed by atoms with Crippen molar-refractivity contribution in [3.8, 4) is 0 Å². The second kappa shape index (κ2) is 5.65. The molecular weight excluding hydrogens is 254 g/mol. The summed E-state index contributed by atoms with van der Waals surface area (Å²) in [5.74, 6) is -0.197. The highest BCUT2D eigenvalue weighted by Crippen LogP contribution is 2.31. The van der Waals surface area contributed by atoms with Crippen molar-refractivity contribution in [2.45, 2.75) is 46.6 Å². The molecule has 0 bridgehead atoms. The van der Waals surface area contributed by atoms with Crippen molar-refractivity contribution in [2.75, 3.05) is 11.5 Å². The van der Waals surface area contributed by atoms with Gasteiger partial charge in [-0.25, -0.2) is 0 Å². The number of amides is 1. The standard InChI is InChI=1S/C16H21NO3/c1-5-14(18)17(13-8-15(19)20-9-13)16-11(3)7-6-10(2)12(16)4/h6-7,13H,5,8-9H2,1-4H3. The summed E-state index contributed by atoms with van der Waals surface area (Å²) in [6, 6.07) is 3.89. The quantitative estimate of drug-likeness (QED) is 0.797. The fourth-order valence-electron chi connectivity index (χ4n) is 2.65. The SMILES string of the molecule is CCC(=O)N(c1c(C)ccc(C)c1C)C1COC(=O)C1. The van der Waals surface area contributed by atoms with Crippen LogP contribution in [0.1, 0.15) is 36.5 Å². The van der Waals surface area contributed by atoms with Gasteiger partial charge in [-0.1, -0.05) is 19.1 Å². The highest BCUT2D eigenvalue weighted by molar-refractivity contribution is 5.96. The molecule has 1 aliphatic rings. The van der Waals surface area contributed by atoms with Gasteiger partial charge in [0.05, 0.1) is 18.2 Å². The second-order valence-corrected chi connectivity index (χ2v) is 5.33. The Morgan fingerprint density at radius 1 is 1.30 bits per heavy atom. The Kier molecular flexibility index (Phi) is 4.12. The summed E-state index contributed by atoms with van der Waals surface area (Å²) in [7, 11) is 0. The number of nitrogens with zero attached hydrogens (tertiary/aromatic N) is 1. The van der Waals surface area contributed by atoms with Gasteiger partial charge >= 0.3 is 5.97 Å². The van der Waals surface area contributed by atoms with Crippen molar-refractivity contribution >= 4 is 17.6 Å². The predicted octanol–water partition coefficient (Wildman–Crippen LogP) is 2.67. The van der Waals surface area contributed by atoms with Crippen LogP contribution in [0.25, 0.3) is 0 Å². The van der Waals surface area contributed by atoms with Crippen molar-refractivity contribution in [2.24, 2.45) is 0 Å². The first-order valence-corrected chi connectivity index (χ1v) is 7.00. The van der Waals surface area contributed by atoms with Gasteiger partial charge in [-0.3, -0.25) is 9.59 Å². The molecule has 1 unspecified atom stereocenters. The fourth-order valence-corrected chi connectivity index (χ4v) is 2.65. The highest BCUT2D eigenvalue weighted by atomic mass is 16.5. The van der Waals surface area contributed by atoms with Gasteiger partial charge in [-0.2, -0.15) is 0 Å². The average molecular weight is 275 g/mol. The molecule has 1 aromatic rings. The lowest BCUT2D eigenvalue weighted by molar-refractivity contribution is -0.138. The molecule has 0 spiro atoms. The van der Waals surface area contributed by atoms with Gasteiger partial charge in [0, 0.05) is 6.42 Å². The van der Waals surface area contributed by atoms with E-state index in [4.69, 9.17) is 4.74 Å². The van der Waals surface area contributed by atoms with Gasteiger partial charge in [-0.05, 0) is 37.5 Å². The van der Waals surface area contributed by atoms with E-state index in [0.717, 1.165) is 22.4 Å². The van der Waals surface area contributed by atoms with Gasteiger partial charge < -0.3 is 9.64 Å². The summed E-state index contributed by atoms with van der Waals surface area (Å²) in [4.78, 5) is 25.5. The van der Waals surface area contributed by atoms with Crippen LogP contribution in [0.2, 0.25) is 0 Å². The van der Waals surface area contributed by atoms with Gasteiger partial charge in [0.1, 0.15) is 6.61 Å². The molecule has 108 valence electrons. The largest absolute Gasteiger partial charge is 0.463 e. The summed E-state index contributed by atoms with van der Waals surface area (Å²) >= 11 is 0. The summed E-state index contributed by atoms with van der Waals surface area (Å²) < 4.78 is 5.04. The number of aryl methyl sites for hydroxylation is 2. The molecule has 0 aliphatic carbocycles. The van der Waals surface area contributed by atoms with Crippen LogP contribution in [0, 0.1) is 20.8 Å². The third-order valence-corrected chi connectivity index (χ3v) is 3.92. The van der Waals surface area contributed by atoms with E-state index in [-0.39, 0.29) is 30.9 Å². The molecule has 20 heavy (non-hydrogen) atoms. The van der Waals surface area contributed by atoms with Crippen LogP contribution in [0.3, 0.4) is 0 Å². The summed E-state index contributed by atoms with van der Waals surface area (Å²) in [5, 5.41) is 0. The maximum atomic E-state index is 12.4. The van der Waals surface area contributed by atoms with Gasteiger partial charge in [0.15, 0.2) is 0 Å². The molecule has 1 fully saturated rings. The first-order chi connectivity index (χ1) is 9.45. The maximum absolute atomic E-state index is 12.4. The van der Waals surface area contributed by atoms with Crippen LogP contribution < -0.4 is 4.90 Å². The number of benzene rings is 1. The third-order valence-electron chi connectivity index (χ3n) is 3.92. The number of carbonyl (C=O) groups is 2. The molecular formula is C16H21NO3. The molecule has 0 N–H and O–H groups in total. The van der Waals surface area contributed by atoms with E-state index < -0.39 is 0 Å². The molecule has 1 heterocycles. The molecule has 1 atom stereocenters. The summed E-state index contributed by atoms with van der Waals surface area (Å²) in [6.45, 7) is 8.18. The number of cyclic esters (lactones) is 1. The number of hydrogen-bond donors (Lipinski definition) is 0. The van der Waals surface area contributed by atoms with E-state index in [1.807, 2.05) is 33.8 Å². The first-order valence-electron chi connectivity index (χ1n) is 7.00. The Morgan fingerprint density at radius 3 is 2.50 bits per heavy atom. The van der Waals surface area contributed by atoms with E-state index in [1.165, 1.54) is 0 Å². The highest BCUT2D eigenvalue weighted by Gasteiger charge is 2.34. The average Bonchev–Trinajstić information content (AvgIpc) is 2.84. The lowest BCUT2D eigenvalue weighted by atomic mass is 10.0. The van der Waals surface area contributed by atoms with E-state index in [1.54, 1.807) is 4.90 Å². The molecule has 0 radical (unpaired) electrons. The number of anilines is 1. The number of ether oxygens (including phenoxy) is 1. The second-order valence-electron chi connectivity index (χ2n) is 5.33. The Labute approximate surface area is 119 Å². The topological polar surface area (TPSA) is 46.6 Å². The van der Waals surface area contributed by atoms with Gasteiger partial charge in [-0.15, -0.1) is 0 Å². The predicted molar refractivity (Wildman–Crippen MR) is 77.8 cm³/mol. The lowest BCUT2D eigenvalue weighted by Gasteiger charge is -2.30. The van der Waals surface area contributed by atoms with E-state index >= 15 is 0 Å². The summed E-state index contributed by atoms with van der Waals surface area (Å²) in [6.07, 6.45) is 0.691. The first kappa shape index (κ1) is 14.6. The van der Waals surface area contributed by atoms with Crippen LogP contribution >= 0.6 is 0 Å². The molecule has 4 nitrogen and oxygen atoms in total. The zero-order valence-electron chi connectivity index (χ0n) is 12.5. The molecule has 0 aromatic heterocycles. The third kappa shape index (κ3) is 2.55. The van der Waals surface area contributed by atoms with Crippen LogP contribution in [0.15, 0.2) is 12.1 Å². The monoisotopic (exact) mass is 275 g/mol. The van der Waals surface area contributed by atoms with E-state index in [9.17, 15) is 9.59 Å². The van der Waals surface area contributed by atoms with E-state index in [0.29, 0.717) is 6.42 Å². The molecule has 1 aliphatic heterocycles.